The van der Waals surface area contributed by atoms with Crippen molar-refractivity contribution in [3.05, 3.63) is 46.6 Å². The van der Waals surface area contributed by atoms with Crippen LogP contribution in [0.25, 0.3) is 10.4 Å². The fourth-order valence-electron chi connectivity index (χ4n) is 2.31. The summed E-state index contributed by atoms with van der Waals surface area (Å²) >= 11 is 1.73. The van der Waals surface area contributed by atoms with Gasteiger partial charge >= 0.3 is 0 Å². The lowest BCUT2D eigenvalue weighted by Crippen LogP contribution is -2.26. The van der Waals surface area contributed by atoms with Crippen LogP contribution in [0.1, 0.15) is 23.4 Å². The van der Waals surface area contributed by atoms with Gasteiger partial charge in [0.05, 0.1) is 0 Å². The lowest BCUT2D eigenvalue weighted by Gasteiger charge is -2.19. The molecule has 0 saturated heterocycles. The van der Waals surface area contributed by atoms with Crippen LogP contribution in [0.15, 0.2) is 30.3 Å². The minimum atomic E-state index is -0.133. The molecule has 2 aromatic rings. The molecule has 1 aromatic carbocycles. The van der Waals surface area contributed by atoms with E-state index in [1.165, 1.54) is 16.5 Å². The summed E-state index contributed by atoms with van der Waals surface area (Å²) in [5.41, 5.74) is 2.05. The molecule has 2 heterocycles. The quantitative estimate of drug-likeness (QED) is 0.809. The number of benzene rings is 1. The monoisotopic (exact) mass is 247 g/mol. The van der Waals surface area contributed by atoms with Crippen LogP contribution in [-0.2, 0) is 6.42 Å². The highest BCUT2D eigenvalue weighted by atomic mass is 32.1. The summed E-state index contributed by atoms with van der Waals surface area (Å²) in [6, 6.07) is 9.51. The zero-order valence-corrected chi connectivity index (χ0v) is 10.5. The molecule has 0 amide bonds. The van der Waals surface area contributed by atoms with Gasteiger partial charge in [0.1, 0.15) is 5.82 Å². The van der Waals surface area contributed by atoms with Crippen molar-refractivity contribution in [2.24, 2.45) is 0 Å². The summed E-state index contributed by atoms with van der Waals surface area (Å²) in [7, 11) is 0. The first-order chi connectivity index (χ1) is 8.25. The molecule has 1 aromatic heterocycles. The maximum Gasteiger partial charge on any atom is 0.131 e. The molecular weight excluding hydrogens is 233 g/mol. The van der Waals surface area contributed by atoms with Gasteiger partial charge in [-0.05, 0) is 31.0 Å². The normalized spacial score (nSPS) is 19.1. The number of fused-ring (bicyclic) bond motifs is 1. The fourth-order valence-corrected chi connectivity index (χ4v) is 3.60. The second kappa shape index (κ2) is 4.24. The van der Waals surface area contributed by atoms with Crippen molar-refractivity contribution < 1.29 is 4.39 Å². The largest absolute Gasteiger partial charge is 0.310 e. The van der Waals surface area contributed by atoms with E-state index in [0.717, 1.165) is 23.4 Å². The molecule has 1 atom stereocenters. The van der Waals surface area contributed by atoms with Gasteiger partial charge in [-0.15, -0.1) is 11.3 Å². The molecule has 88 valence electrons. The molecule has 1 aliphatic rings. The van der Waals surface area contributed by atoms with E-state index in [9.17, 15) is 4.39 Å². The third-order valence-electron chi connectivity index (χ3n) is 3.25. The Labute approximate surface area is 104 Å². The number of hydrogen-bond donors (Lipinski definition) is 1. The maximum atomic E-state index is 13.7. The number of rotatable bonds is 1. The van der Waals surface area contributed by atoms with Crippen molar-refractivity contribution in [3.8, 4) is 10.4 Å². The molecule has 3 heteroatoms. The molecule has 17 heavy (non-hydrogen) atoms. The van der Waals surface area contributed by atoms with Gasteiger partial charge in [0, 0.05) is 27.9 Å². The Bertz CT molecular complexity index is 547. The Morgan fingerprint density at radius 3 is 2.94 bits per heavy atom. The Hall–Kier alpha value is -1.19. The Kier molecular flexibility index (Phi) is 2.73. The van der Waals surface area contributed by atoms with Crippen molar-refractivity contribution in [2.45, 2.75) is 19.4 Å². The zero-order chi connectivity index (χ0) is 11.8. The summed E-state index contributed by atoms with van der Waals surface area (Å²) in [5.74, 6) is -0.133. The third kappa shape index (κ3) is 1.90. The van der Waals surface area contributed by atoms with Gasteiger partial charge < -0.3 is 5.32 Å². The number of nitrogens with one attached hydrogen (secondary N) is 1. The fraction of sp³-hybridized carbons (Fsp3) is 0.286. The molecule has 0 radical (unpaired) electrons. The topological polar surface area (TPSA) is 12.0 Å². The molecule has 1 unspecified atom stereocenters. The average Bonchev–Trinajstić information content (AvgIpc) is 2.75. The van der Waals surface area contributed by atoms with E-state index in [1.54, 1.807) is 17.4 Å². The van der Waals surface area contributed by atoms with Crippen LogP contribution < -0.4 is 5.32 Å². The minimum Gasteiger partial charge on any atom is -0.310 e. The van der Waals surface area contributed by atoms with Crippen LogP contribution in [0, 0.1) is 5.82 Å². The van der Waals surface area contributed by atoms with E-state index in [2.05, 4.69) is 18.3 Å². The highest BCUT2D eigenvalue weighted by Crippen LogP contribution is 2.37. The first-order valence-electron chi connectivity index (χ1n) is 5.86. The molecule has 0 fully saturated rings. The summed E-state index contributed by atoms with van der Waals surface area (Å²) in [6.45, 7) is 3.18. The van der Waals surface area contributed by atoms with Gasteiger partial charge in [-0.3, -0.25) is 0 Å². The predicted molar refractivity (Wildman–Crippen MR) is 69.8 cm³/mol. The van der Waals surface area contributed by atoms with E-state index < -0.39 is 0 Å². The molecule has 0 bridgehead atoms. The highest BCUT2D eigenvalue weighted by Gasteiger charge is 2.20. The Morgan fingerprint density at radius 1 is 1.35 bits per heavy atom. The van der Waals surface area contributed by atoms with Crippen LogP contribution in [-0.4, -0.2) is 6.54 Å². The van der Waals surface area contributed by atoms with Gasteiger partial charge in [-0.1, -0.05) is 18.2 Å². The van der Waals surface area contributed by atoms with Gasteiger partial charge in [-0.2, -0.15) is 0 Å². The molecule has 0 aliphatic carbocycles. The maximum absolute atomic E-state index is 13.7. The lowest BCUT2D eigenvalue weighted by molar-refractivity contribution is 0.547. The van der Waals surface area contributed by atoms with Gasteiger partial charge in [0.2, 0.25) is 0 Å². The summed E-state index contributed by atoms with van der Waals surface area (Å²) in [4.78, 5) is 2.44. The Morgan fingerprint density at radius 2 is 2.18 bits per heavy atom. The second-order valence-corrected chi connectivity index (χ2v) is 5.53. The summed E-state index contributed by atoms with van der Waals surface area (Å²) in [5, 5.41) is 3.43. The SMILES string of the molecule is CC1NCCc2sc(-c3ccccc3F)cc21. The predicted octanol–water partition coefficient (Wildman–Crippen LogP) is 3.76. The van der Waals surface area contributed by atoms with Crippen LogP contribution >= 0.6 is 11.3 Å². The molecule has 3 rings (SSSR count). The second-order valence-electron chi connectivity index (χ2n) is 4.39. The van der Waals surface area contributed by atoms with Gasteiger partial charge in [-0.25, -0.2) is 4.39 Å². The van der Waals surface area contributed by atoms with E-state index in [1.807, 2.05) is 12.1 Å². The first kappa shape index (κ1) is 10.9. The van der Waals surface area contributed by atoms with Crippen molar-refractivity contribution in [2.75, 3.05) is 6.54 Å². The molecule has 1 N–H and O–H groups in total. The standard InChI is InChI=1S/C14H14FNS/c1-9-11-8-14(17-13(11)6-7-16-9)10-4-2-3-5-12(10)15/h2-5,8-9,16H,6-7H2,1H3. The number of thiophene rings is 1. The molecular formula is C14H14FNS. The van der Waals surface area contributed by atoms with Crippen molar-refractivity contribution >= 4 is 11.3 Å². The molecule has 0 saturated carbocycles. The van der Waals surface area contributed by atoms with Crippen LogP contribution in [0.4, 0.5) is 4.39 Å². The van der Waals surface area contributed by atoms with E-state index >= 15 is 0 Å². The number of halogens is 1. The first-order valence-corrected chi connectivity index (χ1v) is 6.68. The summed E-state index contributed by atoms with van der Waals surface area (Å²) in [6.07, 6.45) is 1.05. The van der Waals surface area contributed by atoms with Crippen molar-refractivity contribution in [3.63, 3.8) is 0 Å². The van der Waals surface area contributed by atoms with Crippen LogP contribution in [0.3, 0.4) is 0 Å². The minimum absolute atomic E-state index is 0.133. The smallest absolute Gasteiger partial charge is 0.131 e. The molecule has 1 nitrogen and oxygen atoms in total. The van der Waals surface area contributed by atoms with E-state index in [4.69, 9.17) is 0 Å². The van der Waals surface area contributed by atoms with Crippen molar-refractivity contribution in [1.29, 1.82) is 0 Å². The van der Waals surface area contributed by atoms with Crippen LogP contribution in [0.5, 0.6) is 0 Å². The zero-order valence-electron chi connectivity index (χ0n) is 9.66. The van der Waals surface area contributed by atoms with Gasteiger partial charge in [0.25, 0.3) is 0 Å². The van der Waals surface area contributed by atoms with E-state index in [-0.39, 0.29) is 5.82 Å². The van der Waals surface area contributed by atoms with Crippen LogP contribution in [0.2, 0.25) is 0 Å². The highest BCUT2D eigenvalue weighted by molar-refractivity contribution is 7.15. The molecule has 0 spiro atoms. The lowest BCUT2D eigenvalue weighted by atomic mass is 10.0. The average molecular weight is 247 g/mol. The summed E-state index contributed by atoms with van der Waals surface area (Å²) < 4.78 is 13.7. The number of hydrogen-bond acceptors (Lipinski definition) is 2. The van der Waals surface area contributed by atoms with E-state index in [0.29, 0.717) is 6.04 Å². The van der Waals surface area contributed by atoms with Gasteiger partial charge in [0.15, 0.2) is 0 Å². The molecule has 1 aliphatic heterocycles. The van der Waals surface area contributed by atoms with Crippen molar-refractivity contribution in [1.82, 2.24) is 5.32 Å². The Balaban J connectivity index is 2.08. The third-order valence-corrected chi connectivity index (χ3v) is 4.49.